The monoisotopic (exact) mass is 231 g/mol. The van der Waals surface area contributed by atoms with Gasteiger partial charge < -0.3 is 9.64 Å². The van der Waals surface area contributed by atoms with Crippen LogP contribution in [0.25, 0.3) is 5.57 Å². The van der Waals surface area contributed by atoms with Crippen LogP contribution < -0.4 is 9.64 Å². The largest absolute Gasteiger partial charge is 0.494 e. The quantitative estimate of drug-likeness (QED) is 0.769. The Balaban J connectivity index is 2.50. The Morgan fingerprint density at radius 3 is 2.65 bits per heavy atom. The number of nitrogens with zero attached hydrogens (tertiary/aromatic N) is 1. The summed E-state index contributed by atoms with van der Waals surface area (Å²) < 4.78 is 5.56. The van der Waals surface area contributed by atoms with Gasteiger partial charge in [0.15, 0.2) is 0 Å². The van der Waals surface area contributed by atoms with Crippen molar-refractivity contribution in [3.8, 4) is 5.75 Å². The van der Waals surface area contributed by atoms with Crippen LogP contribution in [0.5, 0.6) is 5.75 Å². The zero-order chi connectivity index (χ0) is 12.6. The number of ether oxygens (including phenoxy) is 1. The maximum Gasteiger partial charge on any atom is 0.120 e. The van der Waals surface area contributed by atoms with Crippen LogP contribution in [0.2, 0.25) is 0 Å². The topological polar surface area (TPSA) is 12.5 Å². The second kappa shape index (κ2) is 4.10. The zero-order valence-corrected chi connectivity index (χ0v) is 11.4. The van der Waals surface area contributed by atoms with Crippen molar-refractivity contribution in [2.24, 2.45) is 0 Å². The first-order chi connectivity index (χ1) is 7.95. The molecule has 0 amide bonds. The fourth-order valence-electron chi connectivity index (χ4n) is 2.39. The number of allylic oxidation sites excluding steroid dienone is 1. The SMILES string of the molecule is CCOc1ccc2c(c1)C(C)=CC(C)(C)N2C. The second-order valence-corrected chi connectivity index (χ2v) is 5.15. The van der Waals surface area contributed by atoms with Gasteiger partial charge in [0.2, 0.25) is 0 Å². The van der Waals surface area contributed by atoms with Crippen LogP contribution in [0.4, 0.5) is 5.69 Å². The molecule has 2 rings (SSSR count). The minimum Gasteiger partial charge on any atom is -0.494 e. The van der Waals surface area contributed by atoms with Gasteiger partial charge in [-0.1, -0.05) is 6.08 Å². The maximum absolute atomic E-state index is 5.56. The fraction of sp³-hybridized carbons (Fsp3) is 0.467. The van der Waals surface area contributed by atoms with Crippen molar-refractivity contribution in [1.29, 1.82) is 0 Å². The molecule has 0 atom stereocenters. The molecule has 0 saturated heterocycles. The Labute approximate surface area is 104 Å². The number of benzene rings is 1. The molecule has 0 aromatic heterocycles. The lowest BCUT2D eigenvalue weighted by Crippen LogP contribution is -2.41. The molecule has 0 spiro atoms. The van der Waals surface area contributed by atoms with E-state index in [1.54, 1.807) is 0 Å². The highest BCUT2D eigenvalue weighted by Crippen LogP contribution is 2.39. The Bertz CT molecular complexity index is 460. The number of anilines is 1. The summed E-state index contributed by atoms with van der Waals surface area (Å²) in [6.45, 7) is 9.36. The maximum atomic E-state index is 5.56. The summed E-state index contributed by atoms with van der Waals surface area (Å²) >= 11 is 0. The van der Waals surface area contributed by atoms with Gasteiger partial charge in [-0.15, -0.1) is 0 Å². The van der Waals surface area contributed by atoms with E-state index in [0.717, 1.165) is 5.75 Å². The number of hydrogen-bond acceptors (Lipinski definition) is 2. The summed E-state index contributed by atoms with van der Waals surface area (Å²) in [7, 11) is 2.14. The highest BCUT2D eigenvalue weighted by molar-refractivity contribution is 5.81. The molecule has 1 aromatic rings. The molecule has 0 aliphatic carbocycles. The fourth-order valence-corrected chi connectivity index (χ4v) is 2.39. The van der Waals surface area contributed by atoms with E-state index in [9.17, 15) is 0 Å². The third-order valence-electron chi connectivity index (χ3n) is 3.50. The van der Waals surface area contributed by atoms with Crippen molar-refractivity contribution in [1.82, 2.24) is 0 Å². The molecule has 17 heavy (non-hydrogen) atoms. The van der Waals surface area contributed by atoms with E-state index in [1.165, 1.54) is 16.8 Å². The zero-order valence-electron chi connectivity index (χ0n) is 11.4. The molecule has 0 unspecified atom stereocenters. The third-order valence-corrected chi connectivity index (χ3v) is 3.50. The molecule has 0 saturated carbocycles. The molecule has 2 heteroatoms. The summed E-state index contributed by atoms with van der Waals surface area (Å²) in [5, 5.41) is 0. The summed E-state index contributed by atoms with van der Waals surface area (Å²) in [4.78, 5) is 2.31. The lowest BCUT2D eigenvalue weighted by Gasteiger charge is -2.40. The third kappa shape index (κ3) is 2.04. The first-order valence-corrected chi connectivity index (χ1v) is 6.16. The normalized spacial score (nSPS) is 17.5. The van der Waals surface area contributed by atoms with E-state index in [1.807, 2.05) is 13.0 Å². The predicted molar refractivity (Wildman–Crippen MR) is 73.7 cm³/mol. The lowest BCUT2D eigenvalue weighted by atomic mass is 9.89. The Morgan fingerprint density at radius 2 is 2.00 bits per heavy atom. The highest BCUT2D eigenvalue weighted by atomic mass is 16.5. The molecule has 1 aliphatic heterocycles. The molecule has 1 aromatic carbocycles. The van der Waals surface area contributed by atoms with Crippen LogP contribution in [-0.4, -0.2) is 19.2 Å². The van der Waals surface area contributed by atoms with Gasteiger partial charge in [-0.3, -0.25) is 0 Å². The number of likely N-dealkylation sites (N-methyl/N-ethyl adjacent to an activating group) is 1. The van der Waals surface area contributed by atoms with Gasteiger partial charge in [0.05, 0.1) is 12.1 Å². The van der Waals surface area contributed by atoms with Crippen molar-refractivity contribution < 1.29 is 4.74 Å². The van der Waals surface area contributed by atoms with Crippen LogP contribution >= 0.6 is 0 Å². The molecular formula is C15H21NO. The van der Waals surface area contributed by atoms with Crippen LogP contribution in [0.3, 0.4) is 0 Å². The average Bonchev–Trinajstić information content (AvgIpc) is 2.26. The van der Waals surface area contributed by atoms with Crippen LogP contribution in [0, 0.1) is 0 Å². The van der Waals surface area contributed by atoms with Gasteiger partial charge in [-0.25, -0.2) is 0 Å². The first-order valence-electron chi connectivity index (χ1n) is 6.16. The Hall–Kier alpha value is -1.44. The highest BCUT2D eigenvalue weighted by Gasteiger charge is 2.28. The van der Waals surface area contributed by atoms with Crippen molar-refractivity contribution in [3.63, 3.8) is 0 Å². The van der Waals surface area contributed by atoms with Crippen molar-refractivity contribution >= 4 is 11.3 Å². The van der Waals surface area contributed by atoms with Crippen molar-refractivity contribution in [3.05, 3.63) is 29.8 Å². The van der Waals surface area contributed by atoms with Crippen molar-refractivity contribution in [2.45, 2.75) is 33.2 Å². The molecule has 1 aliphatic rings. The van der Waals surface area contributed by atoms with Gasteiger partial charge in [-0.2, -0.15) is 0 Å². The van der Waals surface area contributed by atoms with Crippen LogP contribution in [-0.2, 0) is 0 Å². The molecule has 0 bridgehead atoms. The van der Waals surface area contributed by atoms with E-state index >= 15 is 0 Å². The Morgan fingerprint density at radius 1 is 1.29 bits per heavy atom. The van der Waals surface area contributed by atoms with E-state index in [0.29, 0.717) is 6.61 Å². The van der Waals surface area contributed by atoms with Gasteiger partial charge in [-0.05, 0) is 51.5 Å². The van der Waals surface area contributed by atoms with Crippen LogP contribution in [0.1, 0.15) is 33.3 Å². The van der Waals surface area contributed by atoms with Crippen molar-refractivity contribution in [2.75, 3.05) is 18.6 Å². The molecule has 0 fully saturated rings. The molecule has 92 valence electrons. The lowest BCUT2D eigenvalue weighted by molar-refractivity contribution is 0.340. The summed E-state index contributed by atoms with van der Waals surface area (Å²) in [5.74, 6) is 0.951. The summed E-state index contributed by atoms with van der Waals surface area (Å²) in [6, 6.07) is 6.34. The summed E-state index contributed by atoms with van der Waals surface area (Å²) in [6.07, 6.45) is 2.31. The second-order valence-electron chi connectivity index (χ2n) is 5.15. The minimum absolute atomic E-state index is 0.0736. The molecule has 0 N–H and O–H groups in total. The molecule has 2 nitrogen and oxygen atoms in total. The van der Waals surface area contributed by atoms with E-state index < -0.39 is 0 Å². The van der Waals surface area contributed by atoms with Crippen LogP contribution in [0.15, 0.2) is 24.3 Å². The minimum atomic E-state index is 0.0736. The number of hydrogen-bond donors (Lipinski definition) is 0. The summed E-state index contributed by atoms with van der Waals surface area (Å²) in [5.41, 5.74) is 3.95. The van der Waals surface area contributed by atoms with E-state index in [4.69, 9.17) is 4.74 Å². The smallest absolute Gasteiger partial charge is 0.120 e. The van der Waals surface area contributed by atoms with E-state index in [-0.39, 0.29) is 5.54 Å². The predicted octanol–water partition coefficient (Wildman–Crippen LogP) is 3.72. The Kier molecular flexibility index (Phi) is 2.90. The first kappa shape index (κ1) is 12.0. The molecular weight excluding hydrogens is 210 g/mol. The van der Waals surface area contributed by atoms with Gasteiger partial charge in [0.1, 0.15) is 5.75 Å². The molecule has 0 radical (unpaired) electrons. The standard InChI is InChI=1S/C15H21NO/c1-6-17-12-7-8-14-13(9-12)11(2)10-15(3,4)16(14)5/h7-10H,6H2,1-5H3. The molecule has 1 heterocycles. The van der Waals surface area contributed by atoms with Gasteiger partial charge >= 0.3 is 0 Å². The van der Waals surface area contributed by atoms with Gasteiger partial charge in [0, 0.05) is 18.3 Å². The van der Waals surface area contributed by atoms with Gasteiger partial charge in [0.25, 0.3) is 0 Å². The number of fused-ring (bicyclic) bond motifs is 1. The van der Waals surface area contributed by atoms with E-state index in [2.05, 4.69) is 50.9 Å². The number of rotatable bonds is 2. The average molecular weight is 231 g/mol.